The predicted molar refractivity (Wildman–Crippen MR) is 120 cm³/mol. The monoisotopic (exact) mass is 428 g/mol. The average molecular weight is 429 g/mol. The molecule has 0 saturated heterocycles. The van der Waals surface area contributed by atoms with Crippen LogP contribution in [0.15, 0.2) is 35.5 Å². The SMILES string of the molecule is CCNC(=NCc1cc(OC)c(OC)c(OC)c1)NCc1ccc(OCC2CC2)nc1. The summed E-state index contributed by atoms with van der Waals surface area (Å²) in [5.74, 6) is 3.90. The second-order valence-corrected chi connectivity index (χ2v) is 7.34. The van der Waals surface area contributed by atoms with Gasteiger partial charge < -0.3 is 29.6 Å². The van der Waals surface area contributed by atoms with Gasteiger partial charge in [-0.3, -0.25) is 0 Å². The lowest BCUT2D eigenvalue weighted by Crippen LogP contribution is -2.36. The van der Waals surface area contributed by atoms with E-state index in [1.165, 1.54) is 12.8 Å². The molecule has 3 rings (SSSR count). The predicted octanol–water partition coefficient (Wildman–Crippen LogP) is 3.15. The van der Waals surface area contributed by atoms with E-state index in [4.69, 9.17) is 18.9 Å². The Morgan fingerprint density at radius 3 is 2.32 bits per heavy atom. The summed E-state index contributed by atoms with van der Waals surface area (Å²) in [6.07, 6.45) is 4.37. The molecule has 0 aliphatic heterocycles. The van der Waals surface area contributed by atoms with Crippen LogP contribution in [0.2, 0.25) is 0 Å². The van der Waals surface area contributed by atoms with Gasteiger partial charge in [0.25, 0.3) is 0 Å². The summed E-state index contributed by atoms with van der Waals surface area (Å²) in [6, 6.07) is 7.74. The molecule has 31 heavy (non-hydrogen) atoms. The molecule has 2 N–H and O–H groups in total. The first-order chi connectivity index (χ1) is 15.2. The fourth-order valence-corrected chi connectivity index (χ4v) is 3.01. The molecule has 8 heteroatoms. The summed E-state index contributed by atoms with van der Waals surface area (Å²) >= 11 is 0. The van der Waals surface area contributed by atoms with Gasteiger partial charge in [-0.15, -0.1) is 0 Å². The van der Waals surface area contributed by atoms with Crippen LogP contribution in [0.3, 0.4) is 0 Å². The third kappa shape index (κ3) is 6.67. The molecule has 1 aromatic carbocycles. The van der Waals surface area contributed by atoms with Gasteiger partial charge in [-0.1, -0.05) is 6.07 Å². The maximum atomic E-state index is 5.69. The quantitative estimate of drug-likeness (QED) is 0.420. The van der Waals surface area contributed by atoms with Crippen molar-refractivity contribution in [1.29, 1.82) is 0 Å². The Morgan fingerprint density at radius 1 is 1.03 bits per heavy atom. The van der Waals surface area contributed by atoms with Crippen LogP contribution in [0.1, 0.15) is 30.9 Å². The van der Waals surface area contributed by atoms with E-state index in [0.29, 0.717) is 48.1 Å². The normalized spacial score (nSPS) is 13.5. The molecule has 1 heterocycles. The molecule has 0 spiro atoms. The Kier molecular flexibility index (Phi) is 8.20. The van der Waals surface area contributed by atoms with Crippen molar-refractivity contribution in [1.82, 2.24) is 15.6 Å². The molecular weight excluding hydrogens is 396 g/mol. The first-order valence-electron chi connectivity index (χ1n) is 10.6. The first-order valence-corrected chi connectivity index (χ1v) is 10.6. The van der Waals surface area contributed by atoms with Gasteiger partial charge in [0.1, 0.15) is 0 Å². The zero-order valence-corrected chi connectivity index (χ0v) is 18.7. The number of guanidine groups is 1. The summed E-state index contributed by atoms with van der Waals surface area (Å²) < 4.78 is 21.9. The molecule has 0 atom stereocenters. The van der Waals surface area contributed by atoms with Crippen molar-refractivity contribution in [3.05, 3.63) is 41.6 Å². The van der Waals surface area contributed by atoms with Crippen LogP contribution in [-0.4, -0.2) is 45.4 Å². The number of rotatable bonds is 11. The van der Waals surface area contributed by atoms with Crippen molar-refractivity contribution in [2.24, 2.45) is 10.9 Å². The van der Waals surface area contributed by atoms with Gasteiger partial charge in [-0.2, -0.15) is 0 Å². The zero-order chi connectivity index (χ0) is 22.1. The van der Waals surface area contributed by atoms with Gasteiger partial charge >= 0.3 is 0 Å². The van der Waals surface area contributed by atoms with Gasteiger partial charge in [0.05, 0.1) is 34.5 Å². The van der Waals surface area contributed by atoms with Crippen molar-refractivity contribution in [2.75, 3.05) is 34.5 Å². The molecule has 2 aromatic rings. The molecule has 1 aromatic heterocycles. The summed E-state index contributed by atoms with van der Waals surface area (Å²) in [4.78, 5) is 9.06. The zero-order valence-electron chi connectivity index (χ0n) is 18.7. The van der Waals surface area contributed by atoms with Crippen molar-refractivity contribution in [3.63, 3.8) is 0 Å². The molecule has 0 unspecified atom stereocenters. The van der Waals surface area contributed by atoms with Crippen molar-refractivity contribution < 1.29 is 18.9 Å². The summed E-state index contributed by atoms with van der Waals surface area (Å²) in [5, 5.41) is 6.60. The highest BCUT2D eigenvalue weighted by Gasteiger charge is 2.22. The Labute approximate surface area is 184 Å². The Bertz CT molecular complexity index is 841. The second-order valence-electron chi connectivity index (χ2n) is 7.34. The second kappa shape index (κ2) is 11.3. The minimum atomic E-state index is 0.457. The highest BCUT2D eigenvalue weighted by atomic mass is 16.5. The number of nitrogens with zero attached hydrogens (tertiary/aromatic N) is 2. The number of hydrogen-bond donors (Lipinski definition) is 2. The minimum Gasteiger partial charge on any atom is -0.493 e. The fraction of sp³-hybridized carbons (Fsp3) is 0.478. The third-order valence-electron chi connectivity index (χ3n) is 4.91. The van der Waals surface area contributed by atoms with E-state index in [0.717, 1.165) is 24.3 Å². The van der Waals surface area contributed by atoms with Crippen molar-refractivity contribution in [3.8, 4) is 23.1 Å². The molecule has 1 saturated carbocycles. The van der Waals surface area contributed by atoms with E-state index in [-0.39, 0.29) is 0 Å². The van der Waals surface area contributed by atoms with Gasteiger partial charge in [-0.05, 0) is 48.9 Å². The smallest absolute Gasteiger partial charge is 0.213 e. The number of nitrogens with one attached hydrogen (secondary N) is 2. The molecular formula is C23H32N4O4. The number of aromatic nitrogens is 1. The summed E-state index contributed by atoms with van der Waals surface area (Å²) in [5.41, 5.74) is 2.00. The summed E-state index contributed by atoms with van der Waals surface area (Å²) in [6.45, 7) is 4.62. The van der Waals surface area contributed by atoms with Crippen LogP contribution in [0.4, 0.5) is 0 Å². The number of ether oxygens (including phenoxy) is 4. The molecule has 1 aliphatic rings. The van der Waals surface area contributed by atoms with E-state index >= 15 is 0 Å². The fourth-order valence-electron chi connectivity index (χ4n) is 3.01. The van der Waals surface area contributed by atoms with Crippen LogP contribution in [-0.2, 0) is 13.1 Å². The van der Waals surface area contributed by atoms with Crippen LogP contribution < -0.4 is 29.6 Å². The van der Waals surface area contributed by atoms with E-state index in [1.54, 1.807) is 21.3 Å². The molecule has 0 bridgehead atoms. The molecule has 0 radical (unpaired) electrons. The minimum absolute atomic E-state index is 0.457. The first kappa shape index (κ1) is 22.5. The van der Waals surface area contributed by atoms with Crippen molar-refractivity contribution in [2.45, 2.75) is 32.9 Å². The lowest BCUT2D eigenvalue weighted by molar-refractivity contribution is 0.288. The number of aliphatic imine (C=N–C) groups is 1. The highest BCUT2D eigenvalue weighted by Crippen LogP contribution is 2.38. The van der Waals surface area contributed by atoms with Gasteiger partial charge in [0.15, 0.2) is 17.5 Å². The van der Waals surface area contributed by atoms with Gasteiger partial charge in [0, 0.05) is 25.4 Å². The number of hydrogen-bond acceptors (Lipinski definition) is 6. The van der Waals surface area contributed by atoms with E-state index in [2.05, 4.69) is 20.6 Å². The average Bonchev–Trinajstić information content (AvgIpc) is 3.64. The Balaban J connectivity index is 1.60. The van der Waals surface area contributed by atoms with Gasteiger partial charge in [-0.25, -0.2) is 9.98 Å². The molecule has 1 fully saturated rings. The Hall–Kier alpha value is -3.16. The molecule has 1 aliphatic carbocycles. The lowest BCUT2D eigenvalue weighted by atomic mass is 10.2. The van der Waals surface area contributed by atoms with E-state index in [9.17, 15) is 0 Å². The van der Waals surface area contributed by atoms with Crippen LogP contribution in [0, 0.1) is 5.92 Å². The summed E-state index contributed by atoms with van der Waals surface area (Å²) in [7, 11) is 4.80. The molecule has 168 valence electrons. The maximum absolute atomic E-state index is 5.69. The van der Waals surface area contributed by atoms with Gasteiger partial charge in [0.2, 0.25) is 11.6 Å². The van der Waals surface area contributed by atoms with Crippen LogP contribution in [0.25, 0.3) is 0 Å². The molecule has 0 amide bonds. The maximum Gasteiger partial charge on any atom is 0.213 e. The topological polar surface area (TPSA) is 86.2 Å². The molecule has 8 nitrogen and oxygen atoms in total. The number of pyridine rings is 1. The van der Waals surface area contributed by atoms with E-state index in [1.807, 2.05) is 37.4 Å². The standard InChI is InChI=1S/C23H32N4O4/c1-5-24-23(26-13-17-8-9-21(25-12-17)31-15-16-6-7-16)27-14-18-10-19(28-2)22(30-4)20(11-18)29-3/h8-12,16H,5-7,13-15H2,1-4H3,(H2,24,26,27). The van der Waals surface area contributed by atoms with Crippen LogP contribution >= 0.6 is 0 Å². The Morgan fingerprint density at radius 2 is 1.77 bits per heavy atom. The van der Waals surface area contributed by atoms with E-state index < -0.39 is 0 Å². The number of benzene rings is 1. The highest BCUT2D eigenvalue weighted by molar-refractivity contribution is 5.79. The number of methoxy groups -OCH3 is 3. The lowest BCUT2D eigenvalue weighted by Gasteiger charge is -2.14. The third-order valence-corrected chi connectivity index (χ3v) is 4.91. The largest absolute Gasteiger partial charge is 0.493 e. The van der Waals surface area contributed by atoms with Crippen LogP contribution in [0.5, 0.6) is 23.1 Å². The van der Waals surface area contributed by atoms with Crippen molar-refractivity contribution >= 4 is 5.96 Å².